The molecule has 2 aromatic rings. The van der Waals surface area contributed by atoms with Crippen LogP contribution in [0.5, 0.6) is 0 Å². The monoisotopic (exact) mass is 457 g/mol. The summed E-state index contributed by atoms with van der Waals surface area (Å²) >= 11 is 6.03. The van der Waals surface area contributed by atoms with Crippen LogP contribution in [0.2, 0.25) is 5.02 Å². The Kier molecular flexibility index (Phi) is 8.50. The Morgan fingerprint density at radius 2 is 1.88 bits per heavy atom. The normalized spacial score (nSPS) is 14.9. The van der Waals surface area contributed by atoms with Gasteiger partial charge in [-0.25, -0.2) is 0 Å². The number of nitrogens with one attached hydrogen (secondary N) is 2. The molecule has 0 aliphatic heterocycles. The van der Waals surface area contributed by atoms with E-state index in [1.165, 1.54) is 23.7 Å². The summed E-state index contributed by atoms with van der Waals surface area (Å²) in [4.78, 5) is 40.1. The van der Waals surface area contributed by atoms with Gasteiger partial charge in [0.15, 0.2) is 5.76 Å². The van der Waals surface area contributed by atoms with Crippen molar-refractivity contribution in [2.75, 3.05) is 13.1 Å². The number of halogens is 1. The van der Waals surface area contributed by atoms with E-state index in [4.69, 9.17) is 16.0 Å². The lowest BCUT2D eigenvalue weighted by atomic mass is 9.94. The molecular weight excluding hydrogens is 430 g/mol. The lowest BCUT2D eigenvalue weighted by Gasteiger charge is -2.33. The second-order valence-corrected chi connectivity index (χ2v) is 8.23. The molecule has 0 unspecified atom stereocenters. The van der Waals surface area contributed by atoms with E-state index in [2.05, 4.69) is 17.2 Å². The summed E-state index contributed by atoms with van der Waals surface area (Å²) in [6.45, 7) is 3.59. The molecule has 3 amide bonds. The molecule has 3 rings (SSSR count). The molecular formula is C24H28ClN3O4. The van der Waals surface area contributed by atoms with Gasteiger partial charge in [0.25, 0.3) is 5.91 Å². The summed E-state index contributed by atoms with van der Waals surface area (Å²) in [7, 11) is 0. The smallest absolute Gasteiger partial charge is 0.287 e. The highest BCUT2D eigenvalue weighted by atomic mass is 35.5. The highest BCUT2D eigenvalue weighted by Gasteiger charge is 2.32. The third-order valence-electron chi connectivity index (χ3n) is 5.49. The Balaban J connectivity index is 1.80. The van der Waals surface area contributed by atoms with Crippen molar-refractivity contribution in [1.29, 1.82) is 0 Å². The van der Waals surface area contributed by atoms with Crippen molar-refractivity contribution in [2.45, 2.75) is 44.2 Å². The SMILES string of the molecule is C=CCN(C(=O)CNC(=O)c1ccco1)[C@H](C(=O)NC1CCCCC1)c1ccc(Cl)cc1. The fraction of sp³-hybridized carbons (Fsp3) is 0.375. The summed E-state index contributed by atoms with van der Waals surface area (Å²) in [5.41, 5.74) is 0.635. The second kappa shape index (κ2) is 11.5. The van der Waals surface area contributed by atoms with Crippen LogP contribution in [0.1, 0.15) is 54.3 Å². The molecule has 1 aliphatic carbocycles. The van der Waals surface area contributed by atoms with Crippen LogP contribution >= 0.6 is 11.6 Å². The van der Waals surface area contributed by atoms with E-state index in [1.807, 2.05) is 0 Å². The zero-order valence-corrected chi connectivity index (χ0v) is 18.6. The summed E-state index contributed by atoms with van der Waals surface area (Å²) in [6.07, 6.45) is 8.11. The first-order chi connectivity index (χ1) is 15.5. The minimum absolute atomic E-state index is 0.0883. The lowest BCUT2D eigenvalue weighted by Crippen LogP contribution is -2.49. The van der Waals surface area contributed by atoms with Gasteiger partial charge in [0, 0.05) is 17.6 Å². The van der Waals surface area contributed by atoms with Gasteiger partial charge in [-0.3, -0.25) is 14.4 Å². The third kappa shape index (κ3) is 6.23. The first kappa shape index (κ1) is 23.6. The number of amides is 3. The van der Waals surface area contributed by atoms with Crippen LogP contribution in [-0.2, 0) is 9.59 Å². The number of hydrogen-bond donors (Lipinski definition) is 2. The van der Waals surface area contributed by atoms with Gasteiger partial charge >= 0.3 is 0 Å². The van der Waals surface area contributed by atoms with E-state index in [0.29, 0.717) is 10.6 Å². The van der Waals surface area contributed by atoms with Gasteiger partial charge in [-0.15, -0.1) is 6.58 Å². The summed E-state index contributed by atoms with van der Waals surface area (Å²) < 4.78 is 5.06. The van der Waals surface area contributed by atoms with E-state index >= 15 is 0 Å². The molecule has 0 spiro atoms. The van der Waals surface area contributed by atoms with Gasteiger partial charge in [-0.05, 0) is 42.7 Å². The number of rotatable bonds is 9. The van der Waals surface area contributed by atoms with Crippen molar-refractivity contribution < 1.29 is 18.8 Å². The maximum atomic E-state index is 13.4. The first-order valence-electron chi connectivity index (χ1n) is 10.8. The minimum Gasteiger partial charge on any atom is -0.459 e. The highest BCUT2D eigenvalue weighted by Crippen LogP contribution is 2.25. The van der Waals surface area contributed by atoms with Crippen molar-refractivity contribution >= 4 is 29.3 Å². The standard InChI is InChI=1S/C24H28ClN3O4/c1-2-14-28(21(29)16-26-23(30)20-9-6-15-32-20)22(17-10-12-18(25)13-11-17)24(31)27-19-7-4-3-5-8-19/h2,6,9-13,15,19,22H,1,3-5,7-8,14,16H2,(H,26,30)(H,27,31)/t22-/m0/s1. The molecule has 0 saturated heterocycles. The molecule has 1 saturated carbocycles. The van der Waals surface area contributed by atoms with Gasteiger partial charge < -0.3 is 20.0 Å². The minimum atomic E-state index is -0.875. The van der Waals surface area contributed by atoms with Crippen LogP contribution in [-0.4, -0.2) is 41.8 Å². The Morgan fingerprint density at radius 1 is 1.16 bits per heavy atom. The van der Waals surface area contributed by atoms with E-state index in [0.717, 1.165) is 25.7 Å². The lowest BCUT2D eigenvalue weighted by molar-refractivity contribution is -0.139. The maximum Gasteiger partial charge on any atom is 0.287 e. The van der Waals surface area contributed by atoms with Crippen LogP contribution in [0.15, 0.2) is 59.7 Å². The first-order valence-corrected chi connectivity index (χ1v) is 11.2. The highest BCUT2D eigenvalue weighted by molar-refractivity contribution is 6.30. The van der Waals surface area contributed by atoms with Crippen LogP contribution < -0.4 is 10.6 Å². The molecule has 1 heterocycles. The van der Waals surface area contributed by atoms with Gasteiger partial charge in [-0.1, -0.05) is 49.1 Å². The van der Waals surface area contributed by atoms with Crippen molar-refractivity contribution in [2.24, 2.45) is 0 Å². The molecule has 1 aliphatic rings. The van der Waals surface area contributed by atoms with Gasteiger partial charge in [-0.2, -0.15) is 0 Å². The Bertz CT molecular complexity index is 921. The summed E-state index contributed by atoms with van der Waals surface area (Å²) in [5, 5.41) is 6.19. The van der Waals surface area contributed by atoms with E-state index in [9.17, 15) is 14.4 Å². The molecule has 1 atom stereocenters. The average molecular weight is 458 g/mol. The van der Waals surface area contributed by atoms with Gasteiger partial charge in [0.05, 0.1) is 12.8 Å². The van der Waals surface area contributed by atoms with Crippen LogP contribution in [0.4, 0.5) is 0 Å². The molecule has 8 heteroatoms. The number of carbonyl (C=O) groups is 3. The molecule has 1 aromatic carbocycles. The van der Waals surface area contributed by atoms with Crippen LogP contribution in [0, 0.1) is 0 Å². The van der Waals surface area contributed by atoms with Crippen molar-refractivity contribution in [1.82, 2.24) is 15.5 Å². The van der Waals surface area contributed by atoms with Gasteiger partial charge in [0.2, 0.25) is 11.8 Å². The summed E-state index contributed by atoms with van der Waals surface area (Å²) in [5.74, 6) is -1.07. The molecule has 1 aromatic heterocycles. The van der Waals surface area contributed by atoms with Gasteiger partial charge in [0.1, 0.15) is 6.04 Å². The third-order valence-corrected chi connectivity index (χ3v) is 5.74. The topological polar surface area (TPSA) is 91.7 Å². The predicted molar refractivity (Wildman–Crippen MR) is 122 cm³/mol. The number of furan rings is 1. The molecule has 170 valence electrons. The Hall–Kier alpha value is -3.06. The zero-order chi connectivity index (χ0) is 22.9. The van der Waals surface area contributed by atoms with Crippen molar-refractivity contribution in [3.8, 4) is 0 Å². The second-order valence-electron chi connectivity index (χ2n) is 7.79. The molecule has 0 radical (unpaired) electrons. The average Bonchev–Trinajstić information content (AvgIpc) is 3.34. The largest absolute Gasteiger partial charge is 0.459 e. The van der Waals surface area contributed by atoms with E-state index in [-0.39, 0.29) is 30.8 Å². The Labute approximate surface area is 192 Å². The van der Waals surface area contributed by atoms with Crippen LogP contribution in [0.25, 0.3) is 0 Å². The Morgan fingerprint density at radius 3 is 2.50 bits per heavy atom. The number of benzene rings is 1. The fourth-order valence-corrected chi connectivity index (χ4v) is 4.01. The quantitative estimate of drug-likeness (QED) is 0.559. The molecule has 32 heavy (non-hydrogen) atoms. The van der Waals surface area contributed by atoms with E-state index in [1.54, 1.807) is 36.4 Å². The zero-order valence-electron chi connectivity index (χ0n) is 17.9. The number of carbonyl (C=O) groups excluding carboxylic acids is 3. The molecule has 2 N–H and O–H groups in total. The molecule has 0 bridgehead atoms. The number of nitrogens with zero attached hydrogens (tertiary/aromatic N) is 1. The maximum absolute atomic E-state index is 13.4. The van der Waals surface area contributed by atoms with E-state index < -0.39 is 17.9 Å². The number of hydrogen-bond acceptors (Lipinski definition) is 4. The summed E-state index contributed by atoms with van der Waals surface area (Å²) in [6, 6.07) is 9.16. The van der Waals surface area contributed by atoms with Crippen molar-refractivity contribution in [3.05, 3.63) is 71.7 Å². The molecule has 7 nitrogen and oxygen atoms in total. The molecule has 1 fully saturated rings. The van der Waals surface area contributed by atoms with Crippen molar-refractivity contribution in [3.63, 3.8) is 0 Å². The predicted octanol–water partition coefficient (Wildman–Crippen LogP) is 3.87. The fourth-order valence-electron chi connectivity index (χ4n) is 3.89. The van der Waals surface area contributed by atoms with Crippen LogP contribution in [0.3, 0.4) is 0 Å².